The summed E-state index contributed by atoms with van der Waals surface area (Å²) in [6.07, 6.45) is 0. The Bertz CT molecular complexity index is 793. The van der Waals surface area contributed by atoms with E-state index >= 15 is 0 Å². The average molecular weight is 266 g/mol. The second-order valence-corrected chi connectivity index (χ2v) is 4.11. The van der Waals surface area contributed by atoms with Crippen molar-refractivity contribution >= 4 is 22.7 Å². The molecule has 0 atom stereocenters. The van der Waals surface area contributed by atoms with Gasteiger partial charge in [-0.15, -0.1) is 5.10 Å². The van der Waals surface area contributed by atoms with Gasteiger partial charge in [0.15, 0.2) is 0 Å². The van der Waals surface area contributed by atoms with Gasteiger partial charge >= 0.3 is 0 Å². The number of hydrogen-bond donors (Lipinski definition) is 1. The van der Waals surface area contributed by atoms with Gasteiger partial charge < -0.3 is 5.21 Å². The van der Waals surface area contributed by atoms with Gasteiger partial charge in [-0.2, -0.15) is 4.68 Å². The summed E-state index contributed by atoms with van der Waals surface area (Å²) < 4.78 is 1.23. The van der Waals surface area contributed by atoms with E-state index in [1.165, 1.54) is 4.68 Å². The Labute approximate surface area is 114 Å². The molecule has 0 aliphatic rings. The number of nitrogens with zero attached hydrogens (tertiary/aromatic N) is 4. The molecule has 3 rings (SSSR count). The average Bonchev–Trinajstić information content (AvgIpc) is 2.93. The van der Waals surface area contributed by atoms with Gasteiger partial charge in [0.05, 0.1) is 5.52 Å². The predicted molar refractivity (Wildman–Crippen MR) is 72.9 cm³/mol. The summed E-state index contributed by atoms with van der Waals surface area (Å²) in [7, 11) is 0. The lowest BCUT2D eigenvalue weighted by Gasteiger charge is -2.03. The maximum atomic E-state index is 12.3. The van der Waals surface area contributed by atoms with Gasteiger partial charge in [-0.05, 0) is 12.1 Å². The summed E-state index contributed by atoms with van der Waals surface area (Å²) in [4.78, 5) is 12.3. The molecule has 1 heterocycles. The van der Waals surface area contributed by atoms with Crippen LogP contribution in [0.2, 0.25) is 0 Å². The number of hydrogen-bond acceptors (Lipinski definition) is 5. The first-order chi connectivity index (χ1) is 9.81. The molecule has 1 aromatic heterocycles. The van der Waals surface area contributed by atoms with Crippen LogP contribution in [0.5, 0.6) is 0 Å². The van der Waals surface area contributed by atoms with Crippen molar-refractivity contribution in [3.8, 4) is 0 Å². The molecular weight excluding hydrogens is 256 g/mol. The van der Waals surface area contributed by atoms with E-state index in [0.717, 1.165) is 0 Å². The van der Waals surface area contributed by atoms with Crippen LogP contribution in [0.15, 0.2) is 59.8 Å². The van der Waals surface area contributed by atoms with Crippen molar-refractivity contribution in [2.45, 2.75) is 0 Å². The first-order valence-corrected chi connectivity index (χ1v) is 5.94. The van der Waals surface area contributed by atoms with E-state index in [4.69, 9.17) is 5.21 Å². The molecule has 0 aliphatic carbocycles. The van der Waals surface area contributed by atoms with E-state index < -0.39 is 5.78 Å². The molecule has 0 fully saturated rings. The van der Waals surface area contributed by atoms with Crippen LogP contribution in [-0.4, -0.2) is 31.8 Å². The molecule has 0 saturated heterocycles. The number of rotatable bonds is 2. The third-order valence-corrected chi connectivity index (χ3v) is 2.89. The number of oxime groups is 1. The second-order valence-electron chi connectivity index (χ2n) is 4.11. The van der Waals surface area contributed by atoms with Crippen molar-refractivity contribution in [3.63, 3.8) is 0 Å². The van der Waals surface area contributed by atoms with Crippen LogP contribution in [0.4, 0.5) is 0 Å². The van der Waals surface area contributed by atoms with Crippen molar-refractivity contribution in [3.05, 3.63) is 60.2 Å². The van der Waals surface area contributed by atoms with E-state index in [2.05, 4.69) is 15.5 Å². The summed E-state index contributed by atoms with van der Waals surface area (Å²) >= 11 is 0. The van der Waals surface area contributed by atoms with E-state index in [1.807, 2.05) is 6.07 Å². The van der Waals surface area contributed by atoms with Crippen molar-refractivity contribution < 1.29 is 10.0 Å². The number of carbonyl (C=O) groups excluding carboxylic acids is 1. The highest BCUT2D eigenvalue weighted by Gasteiger charge is 2.20. The van der Waals surface area contributed by atoms with Crippen LogP contribution < -0.4 is 0 Å². The van der Waals surface area contributed by atoms with Crippen LogP contribution in [0.25, 0.3) is 11.0 Å². The SMILES string of the molecule is O=C(/C(=N\O)n1nnc2ccccc21)c1ccccc1. The van der Waals surface area contributed by atoms with Crippen molar-refractivity contribution in [1.82, 2.24) is 15.0 Å². The first kappa shape index (κ1) is 12.0. The molecule has 0 bridgehead atoms. The zero-order valence-corrected chi connectivity index (χ0v) is 10.3. The van der Waals surface area contributed by atoms with Gasteiger partial charge in [0.2, 0.25) is 11.6 Å². The number of carbonyl (C=O) groups is 1. The highest BCUT2D eigenvalue weighted by atomic mass is 16.4. The molecule has 1 N–H and O–H groups in total. The fourth-order valence-corrected chi connectivity index (χ4v) is 1.93. The summed E-state index contributed by atoms with van der Waals surface area (Å²) in [6, 6.07) is 15.7. The van der Waals surface area contributed by atoms with Gasteiger partial charge in [-0.25, -0.2) is 0 Å². The molecule has 3 aromatic rings. The minimum atomic E-state index is -0.427. The van der Waals surface area contributed by atoms with Crippen LogP contribution in [0.1, 0.15) is 10.4 Å². The smallest absolute Gasteiger partial charge is 0.242 e. The number of aromatic nitrogens is 3. The molecule has 6 nitrogen and oxygen atoms in total. The molecule has 2 aromatic carbocycles. The lowest BCUT2D eigenvalue weighted by Crippen LogP contribution is -2.24. The van der Waals surface area contributed by atoms with Gasteiger partial charge in [-0.3, -0.25) is 4.79 Å². The van der Waals surface area contributed by atoms with E-state index in [-0.39, 0.29) is 5.84 Å². The lowest BCUT2D eigenvalue weighted by molar-refractivity contribution is 0.105. The van der Waals surface area contributed by atoms with E-state index in [0.29, 0.717) is 16.6 Å². The zero-order chi connectivity index (χ0) is 13.9. The molecule has 20 heavy (non-hydrogen) atoms. The van der Waals surface area contributed by atoms with Crippen LogP contribution in [0, 0.1) is 0 Å². The van der Waals surface area contributed by atoms with Crippen LogP contribution >= 0.6 is 0 Å². The Balaban J connectivity index is 2.09. The molecule has 0 saturated carbocycles. The Morgan fingerprint density at radius 1 is 1.05 bits per heavy atom. The van der Waals surface area contributed by atoms with Crippen molar-refractivity contribution in [2.75, 3.05) is 0 Å². The summed E-state index contributed by atoms with van der Waals surface area (Å²) in [5, 5.41) is 20.1. The monoisotopic (exact) mass is 266 g/mol. The minimum absolute atomic E-state index is 0.190. The van der Waals surface area contributed by atoms with E-state index in [1.54, 1.807) is 48.5 Å². The third kappa shape index (κ3) is 1.93. The van der Waals surface area contributed by atoms with Gasteiger partial charge in [-0.1, -0.05) is 52.8 Å². The molecule has 0 aliphatic heterocycles. The zero-order valence-electron chi connectivity index (χ0n) is 10.3. The normalized spacial score (nSPS) is 11.7. The maximum Gasteiger partial charge on any atom is 0.242 e. The summed E-state index contributed by atoms with van der Waals surface area (Å²) in [5.41, 5.74) is 1.64. The van der Waals surface area contributed by atoms with Crippen LogP contribution in [0.3, 0.4) is 0 Å². The number of ketones is 1. The maximum absolute atomic E-state index is 12.3. The van der Waals surface area contributed by atoms with Crippen molar-refractivity contribution in [2.24, 2.45) is 5.16 Å². The summed E-state index contributed by atoms with van der Waals surface area (Å²) in [5.74, 6) is -0.617. The molecule has 0 amide bonds. The fourth-order valence-electron chi connectivity index (χ4n) is 1.93. The molecule has 0 radical (unpaired) electrons. The number of Topliss-reactive ketones (excluding diaryl/α,β-unsaturated/α-hetero) is 1. The van der Waals surface area contributed by atoms with Crippen molar-refractivity contribution in [1.29, 1.82) is 0 Å². The highest BCUT2D eigenvalue weighted by molar-refractivity contribution is 6.46. The summed E-state index contributed by atoms with van der Waals surface area (Å²) in [6.45, 7) is 0. The quantitative estimate of drug-likeness (QED) is 0.253. The number of para-hydroxylation sites is 1. The predicted octanol–water partition coefficient (Wildman–Crippen LogP) is 1.95. The minimum Gasteiger partial charge on any atom is -0.409 e. The lowest BCUT2D eigenvalue weighted by atomic mass is 10.1. The van der Waals surface area contributed by atoms with Gasteiger partial charge in [0, 0.05) is 5.56 Å². The molecule has 0 spiro atoms. The number of benzene rings is 2. The largest absolute Gasteiger partial charge is 0.409 e. The third-order valence-electron chi connectivity index (χ3n) is 2.89. The first-order valence-electron chi connectivity index (χ1n) is 5.94. The molecule has 0 unspecified atom stereocenters. The molecular formula is C14H10N4O2. The van der Waals surface area contributed by atoms with Crippen LogP contribution in [-0.2, 0) is 0 Å². The second kappa shape index (κ2) is 4.93. The molecule has 6 heteroatoms. The Hall–Kier alpha value is -3.02. The van der Waals surface area contributed by atoms with E-state index in [9.17, 15) is 4.79 Å². The van der Waals surface area contributed by atoms with Gasteiger partial charge in [0.25, 0.3) is 0 Å². The Morgan fingerprint density at radius 3 is 2.50 bits per heavy atom. The Morgan fingerprint density at radius 2 is 1.75 bits per heavy atom. The van der Waals surface area contributed by atoms with Gasteiger partial charge in [0.1, 0.15) is 5.52 Å². The Kier molecular flexibility index (Phi) is 2.96. The number of fused-ring (bicyclic) bond motifs is 1. The topological polar surface area (TPSA) is 80.4 Å². The molecule has 98 valence electrons. The fraction of sp³-hybridized carbons (Fsp3) is 0. The standard InChI is InChI=1S/C14H10N4O2/c19-13(10-6-2-1-3-7-10)14(16-20)18-12-9-5-4-8-11(12)15-17-18/h1-9,20H/b16-14+. The highest BCUT2D eigenvalue weighted by Crippen LogP contribution is 2.11.